The van der Waals surface area contributed by atoms with E-state index in [4.69, 9.17) is 0 Å². The SMILES string of the molecule is CC1(C(=O)N2CCC(O)(Cn3cnc4c(cnn4-c4ccc(-n5ccc(F)n5)cc4)c3=O)CC2)CC1. The lowest BCUT2D eigenvalue weighted by Crippen LogP contribution is -2.51. The van der Waals surface area contributed by atoms with E-state index in [0.717, 1.165) is 12.8 Å². The molecule has 1 aliphatic carbocycles. The number of rotatable bonds is 5. The van der Waals surface area contributed by atoms with Crippen molar-refractivity contribution >= 4 is 16.9 Å². The van der Waals surface area contributed by atoms with Crippen LogP contribution in [0.3, 0.4) is 0 Å². The maximum absolute atomic E-state index is 13.2. The van der Waals surface area contributed by atoms with Crippen LogP contribution >= 0.6 is 0 Å². The molecule has 1 saturated carbocycles. The fourth-order valence-electron chi connectivity index (χ4n) is 4.83. The number of amides is 1. The van der Waals surface area contributed by atoms with Crippen LogP contribution in [0.15, 0.2) is 53.8 Å². The summed E-state index contributed by atoms with van der Waals surface area (Å²) in [6.07, 6.45) is 7.10. The fraction of sp³-hybridized carbons (Fsp3) is 0.400. The molecule has 0 spiro atoms. The number of piperidine rings is 1. The second kappa shape index (κ2) is 8.09. The molecule has 36 heavy (non-hydrogen) atoms. The summed E-state index contributed by atoms with van der Waals surface area (Å²) in [7, 11) is 0. The zero-order valence-corrected chi connectivity index (χ0v) is 19.8. The first-order chi connectivity index (χ1) is 17.2. The molecular formula is C25H26FN7O3. The average molecular weight is 492 g/mol. The minimum absolute atomic E-state index is 0.106. The van der Waals surface area contributed by atoms with Crippen LogP contribution in [-0.2, 0) is 11.3 Å². The Morgan fingerprint density at radius 1 is 1.08 bits per heavy atom. The molecule has 1 aliphatic heterocycles. The molecular weight excluding hydrogens is 465 g/mol. The Morgan fingerprint density at radius 2 is 1.78 bits per heavy atom. The molecule has 4 heterocycles. The van der Waals surface area contributed by atoms with E-state index in [0.29, 0.717) is 48.3 Å². The predicted molar refractivity (Wildman–Crippen MR) is 128 cm³/mol. The molecule has 0 unspecified atom stereocenters. The number of hydrogen-bond donors (Lipinski definition) is 1. The molecule has 1 aromatic carbocycles. The highest BCUT2D eigenvalue weighted by Crippen LogP contribution is 2.47. The first-order valence-corrected chi connectivity index (χ1v) is 12.0. The number of aromatic nitrogens is 6. The maximum atomic E-state index is 13.2. The highest BCUT2D eigenvalue weighted by Gasteiger charge is 2.48. The van der Waals surface area contributed by atoms with Gasteiger partial charge in [-0.05, 0) is 49.9 Å². The average Bonchev–Trinajstić information content (AvgIpc) is 3.26. The molecule has 0 radical (unpaired) electrons. The van der Waals surface area contributed by atoms with Crippen LogP contribution in [0, 0.1) is 11.4 Å². The molecule has 1 amide bonds. The molecule has 4 aromatic rings. The van der Waals surface area contributed by atoms with Crippen LogP contribution in [0.25, 0.3) is 22.4 Å². The van der Waals surface area contributed by atoms with Crippen molar-refractivity contribution in [2.24, 2.45) is 5.41 Å². The van der Waals surface area contributed by atoms with Crippen LogP contribution in [-0.4, -0.2) is 63.7 Å². The second-order valence-corrected chi connectivity index (χ2v) is 10.1. The second-order valence-electron chi connectivity index (χ2n) is 10.1. The van der Waals surface area contributed by atoms with Gasteiger partial charge in [-0.3, -0.25) is 14.2 Å². The normalized spacial score (nSPS) is 18.5. The topological polar surface area (TPSA) is 111 Å². The fourth-order valence-corrected chi connectivity index (χ4v) is 4.83. The Morgan fingerprint density at radius 3 is 2.42 bits per heavy atom. The molecule has 10 nitrogen and oxygen atoms in total. The van der Waals surface area contributed by atoms with Crippen molar-refractivity contribution in [3.05, 3.63) is 65.4 Å². The minimum Gasteiger partial charge on any atom is -0.388 e. The van der Waals surface area contributed by atoms with Crippen molar-refractivity contribution in [3.63, 3.8) is 0 Å². The summed E-state index contributed by atoms with van der Waals surface area (Å²) >= 11 is 0. The number of aliphatic hydroxyl groups is 1. The number of carbonyl (C=O) groups excluding carboxylic acids is 1. The predicted octanol–water partition coefficient (Wildman–Crippen LogP) is 2.06. The molecule has 2 aliphatic rings. The zero-order chi connectivity index (χ0) is 25.1. The Labute approximate surface area is 205 Å². The lowest BCUT2D eigenvalue weighted by Gasteiger charge is -2.39. The summed E-state index contributed by atoms with van der Waals surface area (Å²) in [5.41, 5.74) is 0.177. The number of fused-ring (bicyclic) bond motifs is 1. The largest absolute Gasteiger partial charge is 0.388 e. The van der Waals surface area contributed by atoms with E-state index in [1.807, 2.05) is 11.8 Å². The first kappa shape index (κ1) is 22.6. The van der Waals surface area contributed by atoms with E-state index < -0.39 is 11.5 Å². The number of benzene rings is 1. The van der Waals surface area contributed by atoms with E-state index >= 15 is 0 Å². The van der Waals surface area contributed by atoms with Gasteiger partial charge in [-0.25, -0.2) is 14.3 Å². The zero-order valence-electron chi connectivity index (χ0n) is 19.8. The molecule has 0 atom stereocenters. The van der Waals surface area contributed by atoms with Crippen molar-refractivity contribution in [1.29, 1.82) is 0 Å². The summed E-state index contributed by atoms with van der Waals surface area (Å²) in [6.45, 7) is 3.06. The molecule has 0 bridgehead atoms. The Kier molecular flexibility index (Phi) is 5.08. The monoisotopic (exact) mass is 491 g/mol. The number of hydrogen-bond acceptors (Lipinski definition) is 6. The summed E-state index contributed by atoms with van der Waals surface area (Å²) in [6, 6.07) is 8.39. The van der Waals surface area contributed by atoms with Gasteiger partial charge in [0.05, 0.1) is 29.7 Å². The number of likely N-dealkylation sites (tertiary alicyclic amines) is 1. The number of nitrogens with zero attached hydrogens (tertiary/aromatic N) is 7. The van der Waals surface area contributed by atoms with Gasteiger partial charge < -0.3 is 10.0 Å². The van der Waals surface area contributed by atoms with Crippen molar-refractivity contribution < 1.29 is 14.3 Å². The Hall–Kier alpha value is -3.86. The Balaban J connectivity index is 1.20. The highest BCUT2D eigenvalue weighted by atomic mass is 19.1. The van der Waals surface area contributed by atoms with E-state index in [-0.39, 0.29) is 23.4 Å². The van der Waals surface area contributed by atoms with E-state index in [2.05, 4.69) is 15.2 Å². The third-order valence-corrected chi connectivity index (χ3v) is 7.43. The molecule has 186 valence electrons. The quantitative estimate of drug-likeness (QED) is 0.458. The van der Waals surface area contributed by atoms with Gasteiger partial charge in [0.25, 0.3) is 5.56 Å². The van der Waals surface area contributed by atoms with Gasteiger partial charge in [0.1, 0.15) is 11.7 Å². The van der Waals surface area contributed by atoms with Gasteiger partial charge in [-0.1, -0.05) is 6.92 Å². The summed E-state index contributed by atoms with van der Waals surface area (Å²) < 4.78 is 17.6. The number of halogens is 1. The molecule has 3 aromatic heterocycles. The molecule has 1 N–H and O–H groups in total. The van der Waals surface area contributed by atoms with Crippen LogP contribution in [0.1, 0.15) is 32.6 Å². The van der Waals surface area contributed by atoms with Gasteiger partial charge >= 0.3 is 0 Å². The lowest BCUT2D eigenvalue weighted by atomic mass is 9.90. The van der Waals surface area contributed by atoms with Crippen LogP contribution < -0.4 is 5.56 Å². The van der Waals surface area contributed by atoms with Gasteiger partial charge in [0, 0.05) is 30.8 Å². The molecule has 11 heteroatoms. The van der Waals surface area contributed by atoms with Crippen molar-refractivity contribution in [1.82, 2.24) is 34.0 Å². The van der Waals surface area contributed by atoms with E-state index in [1.54, 1.807) is 28.9 Å². The summed E-state index contributed by atoms with van der Waals surface area (Å²) in [5.74, 6) is -0.393. The van der Waals surface area contributed by atoms with Crippen LogP contribution in [0.4, 0.5) is 4.39 Å². The third-order valence-electron chi connectivity index (χ3n) is 7.43. The summed E-state index contributed by atoms with van der Waals surface area (Å²) in [5, 5.41) is 19.6. The van der Waals surface area contributed by atoms with Crippen molar-refractivity contribution in [3.8, 4) is 11.4 Å². The minimum atomic E-state index is -1.09. The standard InChI is InChI=1S/C25H26FN7O3/c1-24(7-8-24)23(35)30-12-9-25(36,10-13-30)15-31-16-27-21-19(22(31)34)14-28-33(21)18-4-2-17(3-5-18)32-11-6-20(26)29-32/h2-6,11,14,16,36H,7-10,12-13,15H2,1H3. The van der Waals surface area contributed by atoms with Gasteiger partial charge in [0.2, 0.25) is 11.9 Å². The molecule has 2 fully saturated rings. The van der Waals surface area contributed by atoms with Crippen LogP contribution in [0.2, 0.25) is 0 Å². The molecule has 1 saturated heterocycles. The smallest absolute Gasteiger partial charge is 0.264 e. The van der Waals surface area contributed by atoms with Gasteiger partial charge in [-0.2, -0.15) is 9.49 Å². The summed E-state index contributed by atoms with van der Waals surface area (Å²) in [4.78, 5) is 32.1. The van der Waals surface area contributed by atoms with Gasteiger partial charge in [0.15, 0.2) is 5.65 Å². The van der Waals surface area contributed by atoms with E-state index in [9.17, 15) is 19.1 Å². The maximum Gasteiger partial charge on any atom is 0.264 e. The lowest BCUT2D eigenvalue weighted by molar-refractivity contribution is -0.141. The van der Waals surface area contributed by atoms with Gasteiger partial charge in [-0.15, -0.1) is 5.10 Å². The molecule has 6 rings (SSSR count). The van der Waals surface area contributed by atoms with Crippen LogP contribution in [0.5, 0.6) is 0 Å². The first-order valence-electron chi connectivity index (χ1n) is 12.0. The highest BCUT2D eigenvalue weighted by molar-refractivity contribution is 5.85. The van der Waals surface area contributed by atoms with Crippen molar-refractivity contribution in [2.75, 3.05) is 13.1 Å². The number of carbonyl (C=O) groups is 1. The Bertz CT molecular complexity index is 1510. The van der Waals surface area contributed by atoms with Crippen molar-refractivity contribution in [2.45, 2.75) is 44.8 Å². The van der Waals surface area contributed by atoms with E-state index in [1.165, 1.54) is 34.0 Å². The third kappa shape index (κ3) is 3.89.